The molecule has 0 aromatic heterocycles. The highest BCUT2D eigenvalue weighted by Gasteiger charge is 2.25. The smallest absolute Gasteiger partial charge is 0.128 e. The molecule has 2 N–H and O–H groups in total. The van der Waals surface area contributed by atoms with Gasteiger partial charge in [-0.2, -0.15) is 0 Å². The van der Waals surface area contributed by atoms with Gasteiger partial charge in [-0.25, -0.2) is 4.39 Å². The van der Waals surface area contributed by atoms with Crippen molar-refractivity contribution in [1.29, 1.82) is 0 Å². The van der Waals surface area contributed by atoms with Gasteiger partial charge in [-0.05, 0) is 25.0 Å². The van der Waals surface area contributed by atoms with Gasteiger partial charge in [-0.15, -0.1) is 0 Å². The van der Waals surface area contributed by atoms with E-state index in [1.807, 2.05) is 0 Å². The van der Waals surface area contributed by atoms with Crippen molar-refractivity contribution in [2.75, 3.05) is 19.8 Å². The third-order valence-corrected chi connectivity index (χ3v) is 3.72. The lowest BCUT2D eigenvalue weighted by Crippen LogP contribution is -2.41. The zero-order valence-electron chi connectivity index (χ0n) is 11.5. The van der Waals surface area contributed by atoms with Crippen LogP contribution in [-0.2, 0) is 6.54 Å². The summed E-state index contributed by atoms with van der Waals surface area (Å²) in [6.07, 6.45) is 3.47. The van der Waals surface area contributed by atoms with Crippen LogP contribution in [0, 0.1) is 17.7 Å². The molecule has 1 aromatic carbocycles. The highest BCUT2D eigenvalue weighted by atomic mass is 19.1. The number of rotatable bonds is 5. The van der Waals surface area contributed by atoms with Gasteiger partial charge in [-0.3, -0.25) is 4.90 Å². The Morgan fingerprint density at radius 2 is 2.10 bits per heavy atom. The third-order valence-electron chi connectivity index (χ3n) is 3.72. The normalized spacial score (nSPS) is 14.8. The molecule has 1 aliphatic carbocycles. The van der Waals surface area contributed by atoms with Crippen LogP contribution in [0.2, 0.25) is 0 Å². The van der Waals surface area contributed by atoms with Crippen molar-refractivity contribution in [1.82, 2.24) is 4.90 Å². The molecule has 0 unspecified atom stereocenters. The SMILES string of the molecule is OCC#Cc1ccc(CN(CCO)C2CCC2)c(F)c1. The number of hydrogen-bond donors (Lipinski definition) is 2. The summed E-state index contributed by atoms with van der Waals surface area (Å²) in [7, 11) is 0. The molecule has 1 saturated carbocycles. The number of benzene rings is 1. The van der Waals surface area contributed by atoms with Crippen molar-refractivity contribution < 1.29 is 14.6 Å². The summed E-state index contributed by atoms with van der Waals surface area (Å²) < 4.78 is 14.0. The number of nitrogens with zero attached hydrogens (tertiary/aromatic N) is 1. The molecular weight excluding hydrogens is 257 g/mol. The first-order valence-corrected chi connectivity index (χ1v) is 6.97. The fourth-order valence-corrected chi connectivity index (χ4v) is 2.38. The molecule has 0 atom stereocenters. The summed E-state index contributed by atoms with van der Waals surface area (Å²) in [6, 6.07) is 5.37. The Kier molecular flexibility index (Phi) is 5.54. The zero-order chi connectivity index (χ0) is 14.4. The van der Waals surface area contributed by atoms with Crippen LogP contribution in [0.4, 0.5) is 4.39 Å². The maximum Gasteiger partial charge on any atom is 0.128 e. The quantitative estimate of drug-likeness (QED) is 0.802. The maximum absolute atomic E-state index is 14.0. The van der Waals surface area contributed by atoms with E-state index in [-0.39, 0.29) is 19.0 Å². The fraction of sp³-hybridized carbons (Fsp3) is 0.500. The van der Waals surface area contributed by atoms with Gasteiger partial charge in [0.15, 0.2) is 0 Å². The van der Waals surface area contributed by atoms with E-state index in [1.54, 1.807) is 12.1 Å². The Morgan fingerprint density at radius 3 is 2.65 bits per heavy atom. The first kappa shape index (κ1) is 15.0. The Balaban J connectivity index is 2.07. The number of hydrogen-bond acceptors (Lipinski definition) is 3. The zero-order valence-corrected chi connectivity index (χ0v) is 11.5. The van der Waals surface area contributed by atoms with E-state index in [2.05, 4.69) is 16.7 Å². The second kappa shape index (κ2) is 7.39. The minimum absolute atomic E-state index is 0.0954. The standard InChI is InChI=1S/C16H20FNO2/c17-16-11-13(3-2-9-19)6-7-14(16)12-18(8-10-20)15-4-1-5-15/h6-7,11,15,19-20H,1,4-5,8-10,12H2. The van der Waals surface area contributed by atoms with E-state index >= 15 is 0 Å². The van der Waals surface area contributed by atoms with Crippen molar-refractivity contribution in [2.24, 2.45) is 0 Å². The van der Waals surface area contributed by atoms with Crippen molar-refractivity contribution in [3.63, 3.8) is 0 Å². The van der Waals surface area contributed by atoms with Crippen LogP contribution in [-0.4, -0.2) is 40.9 Å². The molecule has 20 heavy (non-hydrogen) atoms. The van der Waals surface area contributed by atoms with Crippen LogP contribution in [0.3, 0.4) is 0 Å². The molecule has 1 aliphatic rings. The first-order chi connectivity index (χ1) is 9.74. The van der Waals surface area contributed by atoms with Gasteiger partial charge in [0.2, 0.25) is 0 Å². The molecule has 0 spiro atoms. The number of aliphatic hydroxyl groups is 2. The molecule has 4 heteroatoms. The van der Waals surface area contributed by atoms with Gasteiger partial charge >= 0.3 is 0 Å². The second-order valence-electron chi connectivity index (χ2n) is 5.04. The molecule has 0 heterocycles. The van der Waals surface area contributed by atoms with Crippen LogP contribution in [0.15, 0.2) is 18.2 Å². The third kappa shape index (κ3) is 3.80. The molecule has 1 fully saturated rings. The highest BCUT2D eigenvalue weighted by Crippen LogP contribution is 2.26. The summed E-state index contributed by atoms with van der Waals surface area (Å²) in [6.45, 7) is 0.967. The summed E-state index contributed by atoms with van der Waals surface area (Å²) in [5.74, 6) is 4.92. The lowest BCUT2D eigenvalue weighted by atomic mass is 9.91. The van der Waals surface area contributed by atoms with Crippen molar-refractivity contribution in [2.45, 2.75) is 31.8 Å². The van der Waals surface area contributed by atoms with E-state index in [0.29, 0.717) is 30.3 Å². The molecule has 3 nitrogen and oxygen atoms in total. The van der Waals surface area contributed by atoms with Gasteiger partial charge in [0.1, 0.15) is 12.4 Å². The molecule has 0 bridgehead atoms. The van der Waals surface area contributed by atoms with Crippen LogP contribution in [0.1, 0.15) is 30.4 Å². The van der Waals surface area contributed by atoms with Gasteiger partial charge in [0, 0.05) is 30.3 Å². The van der Waals surface area contributed by atoms with Crippen LogP contribution in [0.25, 0.3) is 0 Å². The summed E-state index contributed by atoms with van der Waals surface area (Å²) in [5, 5.41) is 17.7. The van der Waals surface area contributed by atoms with E-state index < -0.39 is 0 Å². The van der Waals surface area contributed by atoms with Crippen LogP contribution in [0.5, 0.6) is 0 Å². The molecule has 108 valence electrons. The average molecular weight is 277 g/mol. The van der Waals surface area contributed by atoms with Crippen molar-refractivity contribution in [3.05, 3.63) is 35.1 Å². The Hall–Kier alpha value is -1.41. The molecule has 0 radical (unpaired) electrons. The topological polar surface area (TPSA) is 43.7 Å². The minimum atomic E-state index is -0.281. The highest BCUT2D eigenvalue weighted by molar-refractivity contribution is 5.37. The van der Waals surface area contributed by atoms with Crippen molar-refractivity contribution in [3.8, 4) is 11.8 Å². The van der Waals surface area contributed by atoms with Crippen LogP contribution < -0.4 is 0 Å². The van der Waals surface area contributed by atoms with Gasteiger partial charge < -0.3 is 10.2 Å². The number of aliphatic hydroxyl groups excluding tert-OH is 2. The fourth-order valence-electron chi connectivity index (χ4n) is 2.38. The molecular formula is C16H20FNO2. The van der Waals surface area contributed by atoms with E-state index in [4.69, 9.17) is 10.2 Å². The average Bonchev–Trinajstić information content (AvgIpc) is 2.37. The largest absolute Gasteiger partial charge is 0.395 e. The number of halogens is 1. The predicted molar refractivity (Wildman–Crippen MR) is 75.5 cm³/mol. The van der Waals surface area contributed by atoms with E-state index in [0.717, 1.165) is 12.8 Å². The first-order valence-electron chi connectivity index (χ1n) is 6.97. The predicted octanol–water partition coefficient (Wildman–Crippen LogP) is 1.52. The molecule has 1 aromatic rings. The second-order valence-corrected chi connectivity index (χ2v) is 5.04. The Morgan fingerprint density at radius 1 is 1.30 bits per heavy atom. The van der Waals surface area contributed by atoms with E-state index in [9.17, 15) is 4.39 Å². The van der Waals surface area contributed by atoms with Gasteiger partial charge in [-0.1, -0.05) is 24.3 Å². The summed E-state index contributed by atoms with van der Waals surface area (Å²) in [5.41, 5.74) is 1.19. The molecule has 0 saturated heterocycles. The van der Waals surface area contributed by atoms with Crippen molar-refractivity contribution >= 4 is 0 Å². The van der Waals surface area contributed by atoms with Gasteiger partial charge in [0.05, 0.1) is 6.61 Å². The minimum Gasteiger partial charge on any atom is -0.395 e. The molecule has 2 rings (SSSR count). The monoisotopic (exact) mass is 277 g/mol. The Bertz CT molecular complexity index is 503. The van der Waals surface area contributed by atoms with E-state index in [1.165, 1.54) is 12.5 Å². The van der Waals surface area contributed by atoms with Gasteiger partial charge in [0.25, 0.3) is 0 Å². The molecule has 0 amide bonds. The Labute approximate surface area is 119 Å². The lowest BCUT2D eigenvalue weighted by Gasteiger charge is -2.37. The molecule has 0 aliphatic heterocycles. The lowest BCUT2D eigenvalue weighted by molar-refractivity contribution is 0.0935. The maximum atomic E-state index is 14.0. The summed E-state index contributed by atoms with van der Waals surface area (Å²) in [4.78, 5) is 2.14. The van der Waals surface area contributed by atoms with Crippen LogP contribution >= 0.6 is 0 Å². The summed E-state index contributed by atoms with van der Waals surface area (Å²) >= 11 is 0.